The summed E-state index contributed by atoms with van der Waals surface area (Å²) >= 11 is 1.44. The number of aliphatic carboxylic acids is 1. The van der Waals surface area contributed by atoms with Crippen LogP contribution in [0.15, 0.2) is 29.0 Å². The standard InChI is InChI=1S/C15H14N2O6S/c1-7(18)23-10-6-9-12(14(20)17(9)13(10)15(21)22)16-11(19)5-8-3-2-4-24-8/h2-4,9,12H,5-6H2,1H3,(H,16,19)(H,21,22). The van der Waals surface area contributed by atoms with Gasteiger partial charge in [0, 0.05) is 18.2 Å². The van der Waals surface area contributed by atoms with Gasteiger partial charge in [0.25, 0.3) is 5.91 Å². The largest absolute Gasteiger partial charge is 0.476 e. The molecule has 0 bridgehead atoms. The van der Waals surface area contributed by atoms with E-state index in [0.29, 0.717) is 0 Å². The molecule has 24 heavy (non-hydrogen) atoms. The van der Waals surface area contributed by atoms with Gasteiger partial charge in [0.1, 0.15) is 11.8 Å². The summed E-state index contributed by atoms with van der Waals surface area (Å²) in [6.45, 7) is 1.16. The summed E-state index contributed by atoms with van der Waals surface area (Å²) in [5.74, 6) is -2.88. The molecule has 2 N–H and O–H groups in total. The highest BCUT2D eigenvalue weighted by molar-refractivity contribution is 7.10. The highest BCUT2D eigenvalue weighted by Crippen LogP contribution is 2.39. The van der Waals surface area contributed by atoms with Crippen molar-refractivity contribution in [1.29, 1.82) is 0 Å². The summed E-state index contributed by atoms with van der Waals surface area (Å²) in [5.41, 5.74) is -0.330. The molecule has 0 saturated carbocycles. The minimum absolute atomic E-state index is 0.0524. The first kappa shape index (κ1) is 16.2. The Balaban J connectivity index is 1.69. The smallest absolute Gasteiger partial charge is 0.356 e. The number of ether oxygens (including phenoxy) is 1. The Kier molecular flexibility index (Phi) is 4.10. The molecule has 1 fully saturated rings. The quantitative estimate of drug-likeness (QED) is 0.581. The van der Waals surface area contributed by atoms with Crippen molar-refractivity contribution < 1.29 is 29.0 Å². The molecule has 2 atom stereocenters. The van der Waals surface area contributed by atoms with Crippen LogP contribution >= 0.6 is 11.3 Å². The third-order valence-electron chi connectivity index (χ3n) is 3.82. The molecule has 8 nitrogen and oxygen atoms in total. The molecule has 1 saturated heterocycles. The fraction of sp³-hybridized carbons (Fsp3) is 0.333. The van der Waals surface area contributed by atoms with Gasteiger partial charge in [-0.25, -0.2) is 4.79 Å². The number of amides is 2. The highest BCUT2D eigenvalue weighted by Gasteiger charge is 2.56. The van der Waals surface area contributed by atoms with E-state index in [2.05, 4.69) is 5.32 Å². The maximum absolute atomic E-state index is 12.2. The summed E-state index contributed by atoms with van der Waals surface area (Å²) in [4.78, 5) is 48.6. The van der Waals surface area contributed by atoms with Crippen molar-refractivity contribution in [3.63, 3.8) is 0 Å². The van der Waals surface area contributed by atoms with E-state index in [1.54, 1.807) is 0 Å². The number of esters is 1. The zero-order valence-corrected chi connectivity index (χ0v) is 13.5. The van der Waals surface area contributed by atoms with Crippen LogP contribution in [0.2, 0.25) is 0 Å². The Morgan fingerprint density at radius 2 is 2.21 bits per heavy atom. The van der Waals surface area contributed by atoms with Gasteiger partial charge in [-0.05, 0) is 11.4 Å². The maximum atomic E-state index is 12.2. The van der Waals surface area contributed by atoms with Gasteiger partial charge in [0.05, 0.1) is 12.5 Å². The monoisotopic (exact) mass is 350 g/mol. The number of carboxylic acids is 1. The van der Waals surface area contributed by atoms with Crippen LogP contribution in [0.3, 0.4) is 0 Å². The van der Waals surface area contributed by atoms with E-state index in [0.717, 1.165) is 16.7 Å². The van der Waals surface area contributed by atoms with E-state index in [1.165, 1.54) is 11.3 Å². The van der Waals surface area contributed by atoms with Crippen LogP contribution in [-0.2, 0) is 30.3 Å². The van der Waals surface area contributed by atoms with Crippen molar-refractivity contribution >= 4 is 35.1 Å². The van der Waals surface area contributed by atoms with Crippen molar-refractivity contribution in [2.75, 3.05) is 0 Å². The second kappa shape index (κ2) is 6.08. The van der Waals surface area contributed by atoms with Crippen molar-refractivity contribution in [3.05, 3.63) is 33.8 Å². The number of carbonyl (C=O) groups is 4. The lowest BCUT2D eigenvalue weighted by atomic mass is 9.95. The Bertz CT molecular complexity index is 754. The van der Waals surface area contributed by atoms with E-state index in [9.17, 15) is 24.3 Å². The zero-order chi connectivity index (χ0) is 17.4. The molecule has 9 heteroatoms. The third kappa shape index (κ3) is 2.78. The van der Waals surface area contributed by atoms with Gasteiger partial charge < -0.3 is 15.2 Å². The van der Waals surface area contributed by atoms with Crippen LogP contribution in [-0.4, -0.2) is 45.8 Å². The van der Waals surface area contributed by atoms with Crippen molar-refractivity contribution in [1.82, 2.24) is 10.2 Å². The van der Waals surface area contributed by atoms with Crippen LogP contribution in [0.5, 0.6) is 0 Å². The second-order valence-electron chi connectivity index (χ2n) is 5.45. The topological polar surface area (TPSA) is 113 Å². The van der Waals surface area contributed by atoms with Crippen LogP contribution < -0.4 is 5.32 Å². The predicted octanol–water partition coefficient (Wildman–Crippen LogP) is 0.249. The first-order valence-electron chi connectivity index (χ1n) is 7.18. The van der Waals surface area contributed by atoms with Crippen molar-refractivity contribution in [2.24, 2.45) is 0 Å². The third-order valence-corrected chi connectivity index (χ3v) is 4.70. The molecule has 126 valence electrons. The Labute approximate surface area is 140 Å². The molecule has 2 amide bonds. The lowest BCUT2D eigenvalue weighted by Gasteiger charge is -2.42. The number of carboxylic acid groups (broad SMARTS) is 1. The number of fused-ring (bicyclic) bond motifs is 1. The Morgan fingerprint density at radius 1 is 1.46 bits per heavy atom. The van der Waals surface area contributed by atoms with E-state index in [-0.39, 0.29) is 30.2 Å². The number of rotatable bonds is 5. The average molecular weight is 350 g/mol. The van der Waals surface area contributed by atoms with E-state index in [4.69, 9.17) is 4.74 Å². The number of thiophene rings is 1. The van der Waals surface area contributed by atoms with E-state index >= 15 is 0 Å². The number of hydrogen-bond donors (Lipinski definition) is 2. The number of nitrogens with zero attached hydrogens (tertiary/aromatic N) is 1. The van der Waals surface area contributed by atoms with Gasteiger partial charge in [-0.2, -0.15) is 0 Å². The van der Waals surface area contributed by atoms with Crippen molar-refractivity contribution in [3.8, 4) is 0 Å². The summed E-state index contributed by atoms with van der Waals surface area (Å²) in [6.07, 6.45) is 0.237. The minimum Gasteiger partial charge on any atom is -0.476 e. The van der Waals surface area contributed by atoms with Gasteiger partial charge in [0.15, 0.2) is 5.70 Å². The molecule has 0 spiro atoms. The van der Waals surface area contributed by atoms with Crippen molar-refractivity contribution in [2.45, 2.75) is 31.8 Å². The van der Waals surface area contributed by atoms with E-state index in [1.807, 2.05) is 17.5 Å². The van der Waals surface area contributed by atoms with E-state index < -0.39 is 29.9 Å². The summed E-state index contributed by atoms with van der Waals surface area (Å²) in [7, 11) is 0. The molecule has 1 aromatic rings. The number of β-lactam (4-membered cyclic amide) rings is 1. The fourth-order valence-electron chi connectivity index (χ4n) is 2.89. The van der Waals surface area contributed by atoms with Gasteiger partial charge in [-0.15, -0.1) is 11.3 Å². The summed E-state index contributed by atoms with van der Waals surface area (Å²) < 4.78 is 4.91. The molecule has 2 unspecified atom stereocenters. The second-order valence-corrected chi connectivity index (χ2v) is 6.48. The molecule has 2 aliphatic rings. The highest BCUT2D eigenvalue weighted by atomic mass is 32.1. The first-order valence-corrected chi connectivity index (χ1v) is 8.06. The van der Waals surface area contributed by atoms with Gasteiger partial charge in [0.2, 0.25) is 5.91 Å². The fourth-order valence-corrected chi connectivity index (χ4v) is 3.59. The Hall–Kier alpha value is -2.68. The average Bonchev–Trinajstić information content (AvgIpc) is 3.10. The lowest BCUT2D eigenvalue weighted by Crippen LogP contribution is -2.68. The maximum Gasteiger partial charge on any atom is 0.356 e. The molecular weight excluding hydrogens is 336 g/mol. The van der Waals surface area contributed by atoms with Gasteiger partial charge >= 0.3 is 11.9 Å². The molecule has 2 aliphatic heterocycles. The zero-order valence-electron chi connectivity index (χ0n) is 12.6. The minimum atomic E-state index is -1.34. The van der Waals surface area contributed by atoms with Crippen LogP contribution in [0.25, 0.3) is 0 Å². The van der Waals surface area contributed by atoms with Crippen LogP contribution in [0, 0.1) is 0 Å². The molecule has 0 aromatic carbocycles. The SMILES string of the molecule is CC(=O)OC1=C(C(=O)O)N2C(=O)C(NC(=O)Cc3cccs3)C2C1. The molecule has 0 aliphatic carbocycles. The first-order chi connectivity index (χ1) is 11.4. The van der Waals surface area contributed by atoms with Gasteiger partial charge in [-0.3, -0.25) is 19.3 Å². The molecular formula is C15H14N2O6S. The number of nitrogens with one attached hydrogen (secondary N) is 1. The Morgan fingerprint density at radius 3 is 2.79 bits per heavy atom. The molecule has 3 heterocycles. The van der Waals surface area contributed by atoms with Crippen LogP contribution in [0.4, 0.5) is 0 Å². The van der Waals surface area contributed by atoms with Crippen LogP contribution in [0.1, 0.15) is 18.2 Å². The summed E-state index contributed by atoms with van der Waals surface area (Å²) in [6, 6.07) is 2.30. The summed E-state index contributed by atoms with van der Waals surface area (Å²) in [5, 5.41) is 13.7. The molecule has 1 aromatic heterocycles. The van der Waals surface area contributed by atoms with Gasteiger partial charge in [-0.1, -0.05) is 6.07 Å². The number of hydrogen-bond acceptors (Lipinski definition) is 6. The molecule has 0 radical (unpaired) electrons. The molecule has 3 rings (SSSR count). The predicted molar refractivity (Wildman–Crippen MR) is 81.6 cm³/mol. The number of carbonyl (C=O) groups excluding carboxylic acids is 3. The normalized spacial score (nSPS) is 22.0. The lowest BCUT2D eigenvalue weighted by molar-refractivity contribution is -0.152.